The number of hydrogen-bond donors (Lipinski definition) is 2. The summed E-state index contributed by atoms with van der Waals surface area (Å²) in [5.41, 5.74) is 1.41. The Kier molecular flexibility index (Phi) is 5.71. The van der Waals surface area contributed by atoms with E-state index in [0.717, 1.165) is 25.7 Å². The van der Waals surface area contributed by atoms with Gasteiger partial charge in [0.05, 0.1) is 5.69 Å². The van der Waals surface area contributed by atoms with Crippen molar-refractivity contribution in [1.82, 2.24) is 5.32 Å². The number of anilines is 1. The van der Waals surface area contributed by atoms with Gasteiger partial charge in [-0.15, -0.1) is 0 Å². The summed E-state index contributed by atoms with van der Waals surface area (Å²) >= 11 is 6.06. The predicted octanol–water partition coefficient (Wildman–Crippen LogP) is 5.03. The van der Waals surface area contributed by atoms with E-state index in [0.29, 0.717) is 21.8 Å². The van der Waals surface area contributed by atoms with E-state index in [9.17, 15) is 9.59 Å². The maximum atomic E-state index is 12.8. The molecule has 0 spiro atoms. The smallest absolute Gasteiger partial charge is 0.319 e. The second-order valence-corrected chi connectivity index (χ2v) is 6.75. The third-order valence-electron chi connectivity index (χ3n) is 4.45. The third-order valence-corrected chi connectivity index (χ3v) is 4.69. The highest BCUT2D eigenvalue weighted by Gasteiger charge is 2.19. The molecule has 4 nitrogen and oxygen atoms in total. The van der Waals surface area contributed by atoms with Crippen molar-refractivity contribution in [1.29, 1.82) is 0 Å². The largest absolute Gasteiger partial charge is 0.335 e. The van der Waals surface area contributed by atoms with E-state index in [1.165, 1.54) is 6.42 Å². The highest BCUT2D eigenvalue weighted by atomic mass is 35.5. The molecule has 0 aliphatic heterocycles. The van der Waals surface area contributed by atoms with Gasteiger partial charge in [-0.3, -0.25) is 4.79 Å². The molecule has 3 rings (SSSR count). The molecule has 0 unspecified atom stereocenters. The standard InChI is InChI=1S/C20H21ClN2O2/c21-15-11-12-18(23-20(25)22-16-9-5-2-6-10-16)17(13-15)19(24)14-7-3-1-4-8-14/h1,3-4,7-8,11-13,16H,2,5-6,9-10H2,(H2,22,23,25). The molecule has 0 atom stereocenters. The lowest BCUT2D eigenvalue weighted by atomic mass is 9.96. The SMILES string of the molecule is O=C(Nc1ccc(Cl)cc1C(=O)c1ccccc1)NC1CCCCC1. The zero-order valence-corrected chi connectivity index (χ0v) is 14.7. The summed E-state index contributed by atoms with van der Waals surface area (Å²) in [5, 5.41) is 6.26. The molecule has 0 bridgehead atoms. The van der Waals surface area contributed by atoms with Crippen molar-refractivity contribution in [3.05, 3.63) is 64.7 Å². The van der Waals surface area contributed by atoms with Gasteiger partial charge in [-0.1, -0.05) is 61.2 Å². The lowest BCUT2D eigenvalue weighted by molar-refractivity contribution is 0.103. The fourth-order valence-electron chi connectivity index (χ4n) is 3.15. The van der Waals surface area contributed by atoms with Gasteiger partial charge in [0.15, 0.2) is 5.78 Å². The average Bonchev–Trinajstić information content (AvgIpc) is 2.64. The van der Waals surface area contributed by atoms with Crippen LogP contribution in [0.15, 0.2) is 48.5 Å². The minimum atomic E-state index is -0.281. The maximum Gasteiger partial charge on any atom is 0.319 e. The highest BCUT2D eigenvalue weighted by Crippen LogP contribution is 2.24. The van der Waals surface area contributed by atoms with Crippen molar-refractivity contribution >= 4 is 29.1 Å². The van der Waals surface area contributed by atoms with Crippen LogP contribution in [0.25, 0.3) is 0 Å². The Morgan fingerprint density at radius 3 is 2.40 bits per heavy atom. The van der Waals surface area contributed by atoms with Gasteiger partial charge >= 0.3 is 6.03 Å². The molecule has 2 N–H and O–H groups in total. The molecule has 5 heteroatoms. The summed E-state index contributed by atoms with van der Waals surface area (Å²) in [7, 11) is 0. The number of benzene rings is 2. The monoisotopic (exact) mass is 356 g/mol. The number of nitrogens with one attached hydrogen (secondary N) is 2. The molecule has 130 valence electrons. The van der Waals surface area contributed by atoms with Crippen molar-refractivity contribution in [2.45, 2.75) is 38.1 Å². The summed E-state index contributed by atoms with van der Waals surface area (Å²) < 4.78 is 0. The quantitative estimate of drug-likeness (QED) is 0.755. The first-order valence-electron chi connectivity index (χ1n) is 8.60. The summed E-state index contributed by atoms with van der Waals surface area (Å²) in [5.74, 6) is -0.170. The van der Waals surface area contributed by atoms with Crippen LogP contribution in [-0.4, -0.2) is 17.9 Å². The Balaban J connectivity index is 1.77. The van der Waals surface area contributed by atoms with Gasteiger partial charge in [0.25, 0.3) is 0 Å². The maximum absolute atomic E-state index is 12.8. The van der Waals surface area contributed by atoms with E-state index in [-0.39, 0.29) is 17.9 Å². The third kappa shape index (κ3) is 4.60. The van der Waals surface area contributed by atoms with Gasteiger partial charge in [0, 0.05) is 22.2 Å². The number of rotatable bonds is 4. The van der Waals surface area contributed by atoms with Crippen LogP contribution in [0, 0.1) is 0 Å². The van der Waals surface area contributed by atoms with Crippen molar-refractivity contribution < 1.29 is 9.59 Å². The van der Waals surface area contributed by atoms with Crippen LogP contribution in [0.5, 0.6) is 0 Å². The van der Waals surface area contributed by atoms with Crippen molar-refractivity contribution in [3.63, 3.8) is 0 Å². The van der Waals surface area contributed by atoms with Gasteiger partial charge in [0.2, 0.25) is 0 Å². The Morgan fingerprint density at radius 1 is 0.960 bits per heavy atom. The number of ketones is 1. The van der Waals surface area contributed by atoms with Gasteiger partial charge in [0.1, 0.15) is 0 Å². The van der Waals surface area contributed by atoms with Crippen LogP contribution in [0.3, 0.4) is 0 Å². The molecular formula is C20H21ClN2O2. The molecule has 0 heterocycles. The molecule has 2 amide bonds. The minimum Gasteiger partial charge on any atom is -0.335 e. The first-order valence-corrected chi connectivity index (χ1v) is 8.98. The normalized spacial score (nSPS) is 14.8. The van der Waals surface area contributed by atoms with E-state index in [4.69, 9.17) is 11.6 Å². The molecule has 0 radical (unpaired) electrons. The second kappa shape index (κ2) is 8.17. The molecule has 1 aliphatic carbocycles. The number of amides is 2. The molecule has 1 saturated carbocycles. The van der Waals surface area contributed by atoms with Gasteiger partial charge in [-0.25, -0.2) is 4.79 Å². The molecular weight excluding hydrogens is 336 g/mol. The van der Waals surface area contributed by atoms with Crippen LogP contribution in [-0.2, 0) is 0 Å². The first kappa shape index (κ1) is 17.5. The van der Waals surface area contributed by atoms with Crippen LogP contribution in [0.4, 0.5) is 10.5 Å². The van der Waals surface area contributed by atoms with E-state index in [2.05, 4.69) is 10.6 Å². The van der Waals surface area contributed by atoms with E-state index in [1.807, 2.05) is 6.07 Å². The number of urea groups is 1. The zero-order chi connectivity index (χ0) is 17.6. The number of halogens is 1. The Morgan fingerprint density at radius 2 is 1.68 bits per heavy atom. The molecule has 2 aromatic carbocycles. The molecule has 0 saturated heterocycles. The zero-order valence-electron chi connectivity index (χ0n) is 13.9. The fraction of sp³-hybridized carbons (Fsp3) is 0.300. The lowest BCUT2D eigenvalue weighted by Crippen LogP contribution is -2.39. The second-order valence-electron chi connectivity index (χ2n) is 6.32. The Bertz CT molecular complexity index is 756. The summed E-state index contributed by atoms with van der Waals surface area (Å²) in [4.78, 5) is 25.1. The Labute approximate surface area is 152 Å². The van der Waals surface area contributed by atoms with Crippen LogP contribution >= 0.6 is 11.6 Å². The van der Waals surface area contributed by atoms with Gasteiger partial charge < -0.3 is 10.6 Å². The fourth-order valence-corrected chi connectivity index (χ4v) is 3.32. The number of carbonyl (C=O) groups is 2. The van der Waals surface area contributed by atoms with Crippen LogP contribution < -0.4 is 10.6 Å². The summed E-state index contributed by atoms with van der Waals surface area (Å²) in [6, 6.07) is 13.8. The molecule has 25 heavy (non-hydrogen) atoms. The van der Waals surface area contributed by atoms with Crippen molar-refractivity contribution in [2.24, 2.45) is 0 Å². The summed E-state index contributed by atoms with van der Waals surface area (Å²) in [6.45, 7) is 0. The highest BCUT2D eigenvalue weighted by molar-refractivity contribution is 6.31. The van der Waals surface area contributed by atoms with E-state index in [1.54, 1.807) is 42.5 Å². The minimum absolute atomic E-state index is 0.170. The van der Waals surface area contributed by atoms with E-state index >= 15 is 0 Å². The van der Waals surface area contributed by atoms with Crippen LogP contribution in [0.1, 0.15) is 48.0 Å². The van der Waals surface area contributed by atoms with Crippen LogP contribution in [0.2, 0.25) is 5.02 Å². The molecule has 1 fully saturated rings. The number of carbonyl (C=O) groups excluding carboxylic acids is 2. The van der Waals surface area contributed by atoms with E-state index < -0.39 is 0 Å². The van der Waals surface area contributed by atoms with Crippen molar-refractivity contribution in [2.75, 3.05) is 5.32 Å². The average molecular weight is 357 g/mol. The Hall–Kier alpha value is -2.33. The first-order chi connectivity index (χ1) is 12.1. The predicted molar refractivity (Wildman–Crippen MR) is 100 cm³/mol. The summed E-state index contributed by atoms with van der Waals surface area (Å²) in [6.07, 6.45) is 5.52. The van der Waals surface area contributed by atoms with Crippen molar-refractivity contribution in [3.8, 4) is 0 Å². The molecule has 0 aromatic heterocycles. The topological polar surface area (TPSA) is 58.2 Å². The van der Waals surface area contributed by atoms with Gasteiger partial charge in [-0.05, 0) is 31.0 Å². The van der Waals surface area contributed by atoms with Gasteiger partial charge in [-0.2, -0.15) is 0 Å². The molecule has 2 aromatic rings. The lowest BCUT2D eigenvalue weighted by Gasteiger charge is -2.23. The molecule has 1 aliphatic rings. The number of hydrogen-bond acceptors (Lipinski definition) is 2.